The smallest absolute Gasteiger partial charge is 0.224 e. The molecule has 0 aliphatic rings. The average molecular weight is 243 g/mol. The van der Waals surface area contributed by atoms with Gasteiger partial charge in [-0.3, -0.25) is 9.78 Å². The number of nitrogens with one attached hydrogen (secondary N) is 1. The average Bonchev–Trinajstić information content (AvgIpc) is 2.89. The first-order valence-electron chi connectivity index (χ1n) is 6.11. The number of amides is 1. The summed E-state index contributed by atoms with van der Waals surface area (Å²) < 4.78 is 2.10. The summed E-state index contributed by atoms with van der Waals surface area (Å²) in [4.78, 5) is 15.6. The molecule has 0 aliphatic heterocycles. The standard InChI is InChI=1S/C14H17N3O/c18-14(11-13-5-3-6-15-12-13)16-7-4-10-17-8-1-2-9-17/h1-3,5-6,8-9,12H,4,7,10-11H2,(H,16,18). The molecule has 0 saturated carbocycles. The van der Waals surface area contributed by atoms with Crippen molar-refractivity contribution >= 4 is 5.91 Å². The predicted octanol–water partition coefficient (Wildman–Crippen LogP) is 1.63. The quantitative estimate of drug-likeness (QED) is 0.784. The van der Waals surface area contributed by atoms with Crippen LogP contribution in [0, 0.1) is 0 Å². The van der Waals surface area contributed by atoms with E-state index in [9.17, 15) is 4.79 Å². The van der Waals surface area contributed by atoms with Gasteiger partial charge >= 0.3 is 0 Å². The number of rotatable bonds is 6. The predicted molar refractivity (Wildman–Crippen MR) is 70.0 cm³/mol. The van der Waals surface area contributed by atoms with Gasteiger partial charge in [-0.25, -0.2) is 0 Å². The fourth-order valence-electron chi connectivity index (χ4n) is 1.76. The number of carbonyl (C=O) groups is 1. The number of nitrogens with zero attached hydrogens (tertiary/aromatic N) is 2. The third-order valence-electron chi connectivity index (χ3n) is 2.67. The first-order valence-corrected chi connectivity index (χ1v) is 6.11. The van der Waals surface area contributed by atoms with E-state index in [1.165, 1.54) is 0 Å². The van der Waals surface area contributed by atoms with E-state index in [1.807, 2.05) is 36.7 Å². The number of hydrogen-bond acceptors (Lipinski definition) is 2. The van der Waals surface area contributed by atoms with Crippen molar-refractivity contribution in [2.45, 2.75) is 19.4 Å². The number of carbonyl (C=O) groups excluding carboxylic acids is 1. The summed E-state index contributed by atoms with van der Waals surface area (Å²) in [7, 11) is 0. The van der Waals surface area contributed by atoms with Crippen molar-refractivity contribution in [2.75, 3.05) is 6.54 Å². The summed E-state index contributed by atoms with van der Waals surface area (Å²) in [5.41, 5.74) is 0.945. The maximum atomic E-state index is 11.6. The van der Waals surface area contributed by atoms with Gasteiger partial charge in [-0.1, -0.05) is 6.07 Å². The summed E-state index contributed by atoms with van der Waals surface area (Å²) in [6, 6.07) is 7.75. The molecule has 4 nitrogen and oxygen atoms in total. The Morgan fingerprint density at radius 2 is 2.11 bits per heavy atom. The van der Waals surface area contributed by atoms with Crippen LogP contribution in [0.5, 0.6) is 0 Å². The molecule has 18 heavy (non-hydrogen) atoms. The molecule has 94 valence electrons. The van der Waals surface area contributed by atoms with Gasteiger partial charge in [0.15, 0.2) is 0 Å². The Kier molecular flexibility index (Phi) is 4.53. The first-order chi connectivity index (χ1) is 8.84. The highest BCUT2D eigenvalue weighted by molar-refractivity contribution is 5.78. The Hall–Kier alpha value is -2.10. The Labute approximate surface area is 107 Å². The summed E-state index contributed by atoms with van der Waals surface area (Å²) in [5.74, 6) is 0.0514. The topological polar surface area (TPSA) is 46.9 Å². The number of aromatic nitrogens is 2. The number of hydrogen-bond donors (Lipinski definition) is 1. The summed E-state index contributed by atoms with van der Waals surface area (Å²) >= 11 is 0. The van der Waals surface area contributed by atoms with Crippen molar-refractivity contribution < 1.29 is 4.79 Å². The molecule has 0 aliphatic carbocycles. The lowest BCUT2D eigenvalue weighted by Gasteiger charge is -2.06. The van der Waals surface area contributed by atoms with E-state index >= 15 is 0 Å². The summed E-state index contributed by atoms with van der Waals surface area (Å²) in [6.45, 7) is 1.64. The van der Waals surface area contributed by atoms with Crippen molar-refractivity contribution in [3.05, 3.63) is 54.6 Å². The first kappa shape index (κ1) is 12.4. The lowest BCUT2D eigenvalue weighted by Crippen LogP contribution is -2.26. The summed E-state index contributed by atoms with van der Waals surface area (Å²) in [6.07, 6.45) is 8.82. The monoisotopic (exact) mass is 243 g/mol. The molecule has 2 heterocycles. The molecule has 0 unspecified atom stereocenters. The van der Waals surface area contributed by atoms with E-state index in [0.717, 1.165) is 18.5 Å². The van der Waals surface area contributed by atoms with Gasteiger partial charge in [0, 0.05) is 37.9 Å². The Bertz CT molecular complexity index is 465. The molecular formula is C14H17N3O. The van der Waals surface area contributed by atoms with E-state index in [1.54, 1.807) is 12.4 Å². The molecule has 2 aromatic heterocycles. The zero-order valence-electron chi connectivity index (χ0n) is 10.2. The maximum Gasteiger partial charge on any atom is 0.224 e. The zero-order valence-corrected chi connectivity index (χ0v) is 10.2. The van der Waals surface area contributed by atoms with Gasteiger partial charge in [-0.05, 0) is 30.2 Å². The largest absolute Gasteiger partial charge is 0.356 e. The molecule has 2 aromatic rings. The lowest BCUT2D eigenvalue weighted by molar-refractivity contribution is -0.120. The Morgan fingerprint density at radius 1 is 1.28 bits per heavy atom. The third-order valence-corrected chi connectivity index (χ3v) is 2.67. The molecule has 0 radical (unpaired) electrons. The minimum atomic E-state index is 0.0514. The molecule has 0 atom stereocenters. The number of pyridine rings is 1. The maximum absolute atomic E-state index is 11.6. The SMILES string of the molecule is O=C(Cc1cccnc1)NCCCn1cccc1. The van der Waals surface area contributed by atoms with Crippen molar-refractivity contribution in [1.29, 1.82) is 0 Å². The van der Waals surface area contributed by atoms with Crippen LogP contribution in [-0.2, 0) is 17.8 Å². The molecule has 0 bridgehead atoms. The highest BCUT2D eigenvalue weighted by Gasteiger charge is 2.02. The molecular weight excluding hydrogens is 226 g/mol. The van der Waals surface area contributed by atoms with E-state index in [2.05, 4.69) is 14.9 Å². The fraction of sp³-hybridized carbons (Fsp3) is 0.286. The Morgan fingerprint density at radius 3 is 2.83 bits per heavy atom. The molecule has 0 fully saturated rings. The molecule has 2 rings (SSSR count). The van der Waals surface area contributed by atoms with Crippen LogP contribution in [0.1, 0.15) is 12.0 Å². The van der Waals surface area contributed by atoms with Crippen molar-refractivity contribution in [3.63, 3.8) is 0 Å². The van der Waals surface area contributed by atoms with E-state index < -0.39 is 0 Å². The lowest BCUT2D eigenvalue weighted by atomic mass is 10.2. The van der Waals surface area contributed by atoms with Crippen molar-refractivity contribution in [1.82, 2.24) is 14.9 Å². The number of aryl methyl sites for hydroxylation is 1. The molecule has 0 aromatic carbocycles. The molecule has 1 N–H and O–H groups in total. The fourth-order valence-corrected chi connectivity index (χ4v) is 1.76. The minimum Gasteiger partial charge on any atom is -0.356 e. The Balaban J connectivity index is 1.63. The van der Waals surface area contributed by atoms with Gasteiger partial charge in [-0.2, -0.15) is 0 Å². The second-order valence-electron chi connectivity index (χ2n) is 4.16. The normalized spacial score (nSPS) is 10.2. The molecule has 0 spiro atoms. The van der Waals surface area contributed by atoms with E-state index in [-0.39, 0.29) is 5.91 Å². The van der Waals surface area contributed by atoms with Crippen LogP contribution in [0.15, 0.2) is 49.1 Å². The van der Waals surface area contributed by atoms with Gasteiger partial charge in [-0.15, -0.1) is 0 Å². The van der Waals surface area contributed by atoms with Crippen LogP contribution >= 0.6 is 0 Å². The van der Waals surface area contributed by atoms with Crippen LogP contribution in [0.25, 0.3) is 0 Å². The van der Waals surface area contributed by atoms with Gasteiger partial charge in [0.2, 0.25) is 5.91 Å². The highest BCUT2D eigenvalue weighted by Crippen LogP contribution is 1.97. The van der Waals surface area contributed by atoms with E-state index in [0.29, 0.717) is 13.0 Å². The van der Waals surface area contributed by atoms with Gasteiger partial charge < -0.3 is 9.88 Å². The third kappa shape index (κ3) is 4.05. The van der Waals surface area contributed by atoms with Gasteiger partial charge in [0.05, 0.1) is 6.42 Å². The zero-order chi connectivity index (χ0) is 12.6. The van der Waals surface area contributed by atoms with Crippen molar-refractivity contribution in [3.8, 4) is 0 Å². The van der Waals surface area contributed by atoms with Gasteiger partial charge in [0.1, 0.15) is 0 Å². The molecule has 1 amide bonds. The van der Waals surface area contributed by atoms with Crippen LogP contribution < -0.4 is 5.32 Å². The molecule has 0 saturated heterocycles. The summed E-state index contributed by atoms with van der Waals surface area (Å²) in [5, 5.41) is 2.91. The highest BCUT2D eigenvalue weighted by atomic mass is 16.1. The molecule has 4 heteroatoms. The van der Waals surface area contributed by atoms with Crippen LogP contribution in [-0.4, -0.2) is 22.0 Å². The second kappa shape index (κ2) is 6.59. The van der Waals surface area contributed by atoms with Crippen LogP contribution in [0.2, 0.25) is 0 Å². The second-order valence-corrected chi connectivity index (χ2v) is 4.16. The van der Waals surface area contributed by atoms with Gasteiger partial charge in [0.25, 0.3) is 0 Å². The minimum absolute atomic E-state index is 0.0514. The van der Waals surface area contributed by atoms with Crippen LogP contribution in [0.3, 0.4) is 0 Å². The van der Waals surface area contributed by atoms with Crippen molar-refractivity contribution in [2.24, 2.45) is 0 Å². The van der Waals surface area contributed by atoms with Crippen LogP contribution in [0.4, 0.5) is 0 Å². The van der Waals surface area contributed by atoms with E-state index in [4.69, 9.17) is 0 Å².